The number of aromatic nitrogens is 1. The maximum absolute atomic E-state index is 12.3. The number of amides is 1. The van der Waals surface area contributed by atoms with Crippen molar-refractivity contribution in [1.29, 1.82) is 0 Å². The standard InChI is InChI=1S/C20H21N3O4S2/c1-14-8-10-18(27-2)17(12-14)22-19(24)11-9-15-13-28-20(21-15)23-29(25,26)16-6-4-3-5-7-16/h3-8,10,12-13H,9,11H2,1-2H3,(H,21,23)(H,22,24). The van der Waals surface area contributed by atoms with E-state index in [4.69, 9.17) is 4.74 Å². The summed E-state index contributed by atoms with van der Waals surface area (Å²) in [5, 5.41) is 4.85. The molecule has 29 heavy (non-hydrogen) atoms. The van der Waals surface area contributed by atoms with Gasteiger partial charge in [-0.1, -0.05) is 24.3 Å². The summed E-state index contributed by atoms with van der Waals surface area (Å²) in [5.41, 5.74) is 2.27. The first-order chi connectivity index (χ1) is 13.9. The highest BCUT2D eigenvalue weighted by molar-refractivity contribution is 7.93. The normalized spacial score (nSPS) is 11.1. The van der Waals surface area contributed by atoms with E-state index >= 15 is 0 Å². The number of methoxy groups -OCH3 is 1. The number of sulfonamides is 1. The molecule has 2 aromatic carbocycles. The first-order valence-corrected chi connectivity index (χ1v) is 11.2. The first kappa shape index (κ1) is 20.8. The van der Waals surface area contributed by atoms with Gasteiger partial charge in [-0.15, -0.1) is 11.3 Å². The van der Waals surface area contributed by atoms with Crippen LogP contribution in [0.5, 0.6) is 5.75 Å². The maximum Gasteiger partial charge on any atom is 0.263 e. The SMILES string of the molecule is COc1ccc(C)cc1NC(=O)CCc1csc(NS(=O)(=O)c2ccccc2)n1. The molecule has 1 aromatic heterocycles. The molecule has 0 unspecified atom stereocenters. The van der Waals surface area contributed by atoms with Gasteiger partial charge in [0.1, 0.15) is 5.75 Å². The van der Waals surface area contributed by atoms with Gasteiger partial charge in [0.15, 0.2) is 5.13 Å². The third kappa shape index (κ3) is 5.55. The fourth-order valence-corrected chi connectivity index (χ4v) is 4.63. The number of rotatable bonds is 8. The van der Waals surface area contributed by atoms with E-state index in [1.54, 1.807) is 36.8 Å². The second-order valence-electron chi connectivity index (χ2n) is 6.31. The van der Waals surface area contributed by atoms with E-state index in [-0.39, 0.29) is 22.4 Å². The fourth-order valence-electron chi connectivity index (χ4n) is 2.62. The number of thiazole rings is 1. The molecule has 1 amide bonds. The molecule has 0 atom stereocenters. The van der Waals surface area contributed by atoms with Crippen molar-refractivity contribution in [3.63, 3.8) is 0 Å². The summed E-state index contributed by atoms with van der Waals surface area (Å²) >= 11 is 1.18. The predicted molar refractivity (Wildman–Crippen MR) is 114 cm³/mol. The molecule has 0 fully saturated rings. The summed E-state index contributed by atoms with van der Waals surface area (Å²) in [6.45, 7) is 1.93. The molecule has 3 aromatic rings. The molecular formula is C20H21N3O4S2. The monoisotopic (exact) mass is 431 g/mol. The van der Waals surface area contributed by atoms with E-state index < -0.39 is 10.0 Å². The highest BCUT2D eigenvalue weighted by atomic mass is 32.2. The van der Waals surface area contributed by atoms with Gasteiger partial charge in [0.05, 0.1) is 23.4 Å². The molecule has 0 aliphatic rings. The fraction of sp³-hybridized carbons (Fsp3) is 0.200. The molecule has 1 heterocycles. The van der Waals surface area contributed by atoms with Crippen LogP contribution in [0.3, 0.4) is 0 Å². The Morgan fingerprint density at radius 1 is 1.17 bits per heavy atom. The highest BCUT2D eigenvalue weighted by Crippen LogP contribution is 2.26. The molecule has 0 aliphatic heterocycles. The minimum absolute atomic E-state index is 0.170. The minimum atomic E-state index is -3.68. The number of anilines is 2. The molecule has 2 N–H and O–H groups in total. The van der Waals surface area contributed by atoms with E-state index in [9.17, 15) is 13.2 Å². The van der Waals surface area contributed by atoms with E-state index in [0.29, 0.717) is 23.6 Å². The Hall–Kier alpha value is -2.91. The zero-order valence-corrected chi connectivity index (χ0v) is 17.6. The van der Waals surface area contributed by atoms with Crippen LogP contribution in [0.15, 0.2) is 58.8 Å². The quantitative estimate of drug-likeness (QED) is 0.565. The number of nitrogens with one attached hydrogen (secondary N) is 2. The Labute approximate surface area is 173 Å². The summed E-state index contributed by atoms with van der Waals surface area (Å²) in [7, 11) is -2.13. The summed E-state index contributed by atoms with van der Waals surface area (Å²) in [4.78, 5) is 16.7. The Morgan fingerprint density at radius 3 is 2.66 bits per heavy atom. The molecule has 3 rings (SSSR count). The van der Waals surface area contributed by atoms with Crippen LogP contribution >= 0.6 is 11.3 Å². The largest absolute Gasteiger partial charge is 0.495 e. The summed E-state index contributed by atoms with van der Waals surface area (Å²) in [6.07, 6.45) is 0.606. The van der Waals surface area contributed by atoms with Gasteiger partial charge in [-0.2, -0.15) is 0 Å². The van der Waals surface area contributed by atoms with Crippen LogP contribution in [-0.2, 0) is 21.2 Å². The second-order valence-corrected chi connectivity index (χ2v) is 8.85. The number of benzene rings is 2. The molecule has 0 radical (unpaired) electrons. The molecule has 152 valence electrons. The van der Waals surface area contributed by atoms with E-state index in [1.165, 1.54) is 23.5 Å². The van der Waals surface area contributed by atoms with Crippen molar-refractivity contribution in [3.05, 3.63) is 65.2 Å². The lowest BCUT2D eigenvalue weighted by molar-refractivity contribution is -0.116. The summed E-state index contributed by atoms with van der Waals surface area (Å²) in [5.74, 6) is 0.420. The van der Waals surface area contributed by atoms with Gasteiger partial charge in [0.2, 0.25) is 5.91 Å². The van der Waals surface area contributed by atoms with Gasteiger partial charge in [0.25, 0.3) is 10.0 Å². The van der Waals surface area contributed by atoms with Crippen molar-refractivity contribution in [1.82, 2.24) is 4.98 Å². The summed E-state index contributed by atoms with van der Waals surface area (Å²) < 4.78 is 32.4. The Kier molecular flexibility index (Phi) is 6.50. The number of ether oxygens (including phenoxy) is 1. The Balaban J connectivity index is 1.58. The minimum Gasteiger partial charge on any atom is -0.495 e. The molecule has 0 spiro atoms. The molecule has 0 aliphatic carbocycles. The van der Waals surface area contributed by atoms with Gasteiger partial charge < -0.3 is 10.1 Å². The lowest BCUT2D eigenvalue weighted by Gasteiger charge is -2.10. The van der Waals surface area contributed by atoms with Crippen LogP contribution in [0.1, 0.15) is 17.7 Å². The van der Waals surface area contributed by atoms with Crippen molar-refractivity contribution in [2.45, 2.75) is 24.7 Å². The highest BCUT2D eigenvalue weighted by Gasteiger charge is 2.16. The number of hydrogen-bond donors (Lipinski definition) is 2. The predicted octanol–water partition coefficient (Wildman–Crippen LogP) is 3.83. The maximum atomic E-state index is 12.3. The van der Waals surface area contributed by atoms with Crippen molar-refractivity contribution >= 4 is 38.1 Å². The molecule has 7 nitrogen and oxygen atoms in total. The van der Waals surface area contributed by atoms with E-state index in [2.05, 4.69) is 15.0 Å². The lowest BCUT2D eigenvalue weighted by atomic mass is 10.2. The van der Waals surface area contributed by atoms with Crippen molar-refractivity contribution in [2.75, 3.05) is 17.1 Å². The van der Waals surface area contributed by atoms with Gasteiger partial charge in [-0.25, -0.2) is 13.4 Å². The number of nitrogens with zero attached hydrogens (tertiary/aromatic N) is 1. The van der Waals surface area contributed by atoms with Crippen LogP contribution in [0.4, 0.5) is 10.8 Å². The number of carbonyl (C=O) groups excluding carboxylic acids is 1. The van der Waals surface area contributed by atoms with E-state index in [1.807, 2.05) is 19.1 Å². The molecule has 0 bridgehead atoms. The molecule has 0 saturated carbocycles. The van der Waals surface area contributed by atoms with Gasteiger partial charge in [-0.05, 0) is 43.2 Å². The van der Waals surface area contributed by atoms with Crippen LogP contribution < -0.4 is 14.8 Å². The number of hydrogen-bond acceptors (Lipinski definition) is 6. The van der Waals surface area contributed by atoms with Gasteiger partial charge >= 0.3 is 0 Å². The zero-order chi connectivity index (χ0) is 20.9. The second kappa shape index (κ2) is 9.06. The average molecular weight is 432 g/mol. The van der Waals surface area contributed by atoms with Crippen molar-refractivity contribution in [2.24, 2.45) is 0 Å². The van der Waals surface area contributed by atoms with E-state index in [0.717, 1.165) is 5.56 Å². The van der Waals surface area contributed by atoms with Crippen molar-refractivity contribution in [3.8, 4) is 5.75 Å². The van der Waals surface area contributed by atoms with Gasteiger partial charge in [-0.3, -0.25) is 9.52 Å². The van der Waals surface area contributed by atoms with Crippen LogP contribution in [-0.4, -0.2) is 26.4 Å². The van der Waals surface area contributed by atoms with Gasteiger partial charge in [0, 0.05) is 11.8 Å². The van der Waals surface area contributed by atoms with Crippen LogP contribution in [0, 0.1) is 6.92 Å². The smallest absolute Gasteiger partial charge is 0.263 e. The first-order valence-electron chi connectivity index (χ1n) is 8.84. The van der Waals surface area contributed by atoms with Crippen molar-refractivity contribution < 1.29 is 17.9 Å². The third-order valence-corrected chi connectivity index (χ3v) is 6.35. The van der Waals surface area contributed by atoms with Crippen LogP contribution in [0.25, 0.3) is 0 Å². The topological polar surface area (TPSA) is 97.4 Å². The number of carbonyl (C=O) groups is 1. The van der Waals surface area contributed by atoms with Crippen LogP contribution in [0.2, 0.25) is 0 Å². The Bertz CT molecular complexity index is 1100. The average Bonchev–Trinajstić information content (AvgIpc) is 3.14. The molecular weight excluding hydrogens is 410 g/mol. The lowest BCUT2D eigenvalue weighted by Crippen LogP contribution is -2.14. The number of aryl methyl sites for hydroxylation is 2. The molecule has 9 heteroatoms. The summed E-state index contributed by atoms with van der Waals surface area (Å²) in [6, 6.07) is 13.6. The molecule has 0 saturated heterocycles. The Morgan fingerprint density at radius 2 is 1.93 bits per heavy atom. The third-order valence-electron chi connectivity index (χ3n) is 4.06. The zero-order valence-electron chi connectivity index (χ0n) is 16.0.